The predicted molar refractivity (Wildman–Crippen MR) is 150 cm³/mol. The standard InChI is InChI=1S/C32H35FN2O5/c1-16-6-5-7-23-30(39)19(4)18(3)28-25(13-20-15-34-24-9-8-21(33)14-22(20)24)35-31(40)32(23,28)27(37)11-10-26(36)29(38)17(2)12-16/h5,7-12,14-16,23,25,28-30,34,38-39H,6,13H2,1-4H3,(H,35,40)/b7-5+,11-10+,17-12+/t16-,23-,25-,28-,29+,30+,32+/m0/s1. The van der Waals surface area contributed by atoms with E-state index in [-0.39, 0.29) is 11.7 Å². The van der Waals surface area contributed by atoms with E-state index in [2.05, 4.69) is 10.3 Å². The zero-order chi connectivity index (χ0) is 28.9. The van der Waals surface area contributed by atoms with Crippen molar-refractivity contribution in [1.82, 2.24) is 10.3 Å². The van der Waals surface area contributed by atoms with E-state index in [9.17, 15) is 29.0 Å². The molecule has 2 aliphatic carbocycles. The highest BCUT2D eigenvalue weighted by atomic mass is 19.1. The van der Waals surface area contributed by atoms with Crippen LogP contribution in [0, 0.1) is 29.0 Å². The molecule has 1 aliphatic heterocycles. The van der Waals surface area contributed by atoms with Gasteiger partial charge in [-0.2, -0.15) is 0 Å². The van der Waals surface area contributed by atoms with Crippen molar-refractivity contribution >= 4 is 28.4 Å². The molecule has 0 radical (unpaired) electrons. The number of aromatic nitrogens is 1. The molecule has 1 saturated heterocycles. The summed E-state index contributed by atoms with van der Waals surface area (Å²) in [6.07, 6.45) is 7.71. The van der Waals surface area contributed by atoms with E-state index >= 15 is 0 Å². The highest BCUT2D eigenvalue weighted by Gasteiger charge is 2.66. The number of fused-ring (bicyclic) bond motifs is 1. The molecule has 2 aromatic rings. The van der Waals surface area contributed by atoms with Gasteiger partial charge in [-0.05, 0) is 86.6 Å². The Morgan fingerprint density at radius 1 is 1.07 bits per heavy atom. The highest BCUT2D eigenvalue weighted by Crippen LogP contribution is 2.55. The number of ketones is 2. The summed E-state index contributed by atoms with van der Waals surface area (Å²) < 4.78 is 14.1. The molecule has 210 valence electrons. The Labute approximate surface area is 232 Å². The largest absolute Gasteiger partial charge is 0.388 e. The van der Waals surface area contributed by atoms with Crippen molar-refractivity contribution in [2.24, 2.45) is 23.2 Å². The lowest BCUT2D eigenvalue weighted by Gasteiger charge is -2.45. The van der Waals surface area contributed by atoms with Gasteiger partial charge < -0.3 is 20.5 Å². The van der Waals surface area contributed by atoms with Gasteiger partial charge in [0.05, 0.1) is 6.10 Å². The minimum atomic E-state index is -1.71. The Morgan fingerprint density at radius 3 is 2.58 bits per heavy atom. The first-order valence-corrected chi connectivity index (χ1v) is 13.7. The summed E-state index contributed by atoms with van der Waals surface area (Å²) in [6, 6.07) is 3.95. The van der Waals surface area contributed by atoms with Crippen molar-refractivity contribution in [3.05, 3.63) is 82.9 Å². The van der Waals surface area contributed by atoms with Gasteiger partial charge in [0.1, 0.15) is 17.3 Å². The van der Waals surface area contributed by atoms with Crippen LogP contribution in [0.5, 0.6) is 0 Å². The van der Waals surface area contributed by atoms with E-state index in [0.29, 0.717) is 29.4 Å². The smallest absolute Gasteiger partial charge is 0.235 e. The van der Waals surface area contributed by atoms with Crippen molar-refractivity contribution in [2.45, 2.75) is 58.8 Å². The second-order valence-corrected chi connectivity index (χ2v) is 11.5. The van der Waals surface area contributed by atoms with Gasteiger partial charge >= 0.3 is 0 Å². The monoisotopic (exact) mass is 546 g/mol. The molecule has 4 N–H and O–H groups in total. The number of amides is 1. The van der Waals surface area contributed by atoms with Crippen molar-refractivity contribution in [2.75, 3.05) is 0 Å². The number of aromatic amines is 1. The number of allylic oxidation sites excluding steroid dienone is 3. The van der Waals surface area contributed by atoms with Crippen LogP contribution < -0.4 is 5.32 Å². The average Bonchev–Trinajstić information content (AvgIpc) is 3.44. The second-order valence-electron chi connectivity index (χ2n) is 11.5. The summed E-state index contributed by atoms with van der Waals surface area (Å²) in [5.74, 6) is -3.68. The van der Waals surface area contributed by atoms with E-state index in [1.165, 1.54) is 12.1 Å². The van der Waals surface area contributed by atoms with Gasteiger partial charge in [0.15, 0.2) is 11.6 Å². The molecule has 40 heavy (non-hydrogen) atoms. The van der Waals surface area contributed by atoms with E-state index in [1.54, 1.807) is 25.3 Å². The fraction of sp³-hybridized carbons (Fsp3) is 0.406. The van der Waals surface area contributed by atoms with Crippen LogP contribution in [0.2, 0.25) is 0 Å². The molecule has 8 heteroatoms. The van der Waals surface area contributed by atoms with Gasteiger partial charge in [-0.15, -0.1) is 0 Å². The molecule has 3 aliphatic rings. The lowest BCUT2D eigenvalue weighted by Crippen LogP contribution is -2.55. The molecule has 7 atom stereocenters. The number of carbonyl (C=O) groups excluding carboxylic acids is 3. The molecule has 5 rings (SSSR count). The molecule has 0 saturated carbocycles. The van der Waals surface area contributed by atoms with Crippen LogP contribution in [0.25, 0.3) is 10.9 Å². The van der Waals surface area contributed by atoms with Crippen LogP contribution >= 0.6 is 0 Å². The van der Waals surface area contributed by atoms with E-state index in [4.69, 9.17) is 0 Å². The number of rotatable bonds is 2. The first-order valence-electron chi connectivity index (χ1n) is 13.7. The van der Waals surface area contributed by atoms with Crippen LogP contribution in [-0.4, -0.2) is 50.9 Å². The number of carbonyl (C=O) groups is 3. The van der Waals surface area contributed by atoms with Crippen LogP contribution in [0.4, 0.5) is 4.39 Å². The predicted octanol–water partition coefficient (Wildman–Crippen LogP) is 3.88. The van der Waals surface area contributed by atoms with Gasteiger partial charge in [-0.3, -0.25) is 14.4 Å². The fourth-order valence-corrected chi connectivity index (χ4v) is 6.90. The number of nitrogens with one attached hydrogen (secondary N) is 2. The summed E-state index contributed by atoms with van der Waals surface area (Å²) in [7, 11) is 0. The van der Waals surface area contributed by atoms with Crippen LogP contribution in [-0.2, 0) is 20.8 Å². The van der Waals surface area contributed by atoms with Crippen LogP contribution in [0.15, 0.2) is 71.5 Å². The summed E-state index contributed by atoms with van der Waals surface area (Å²) in [6.45, 7) is 7.25. The summed E-state index contributed by atoms with van der Waals surface area (Å²) >= 11 is 0. The molecule has 1 aromatic carbocycles. The third-order valence-corrected chi connectivity index (χ3v) is 9.06. The first kappa shape index (κ1) is 27.9. The molecule has 2 heterocycles. The van der Waals surface area contributed by atoms with E-state index in [0.717, 1.165) is 28.8 Å². The lowest BCUT2D eigenvalue weighted by molar-refractivity contribution is -0.144. The van der Waals surface area contributed by atoms with Crippen LogP contribution in [0.1, 0.15) is 39.7 Å². The summed E-state index contributed by atoms with van der Waals surface area (Å²) in [5, 5.41) is 25.7. The number of aliphatic hydroxyl groups excluding tert-OH is 2. The second kappa shape index (κ2) is 10.4. The number of hydrogen-bond acceptors (Lipinski definition) is 5. The molecule has 0 bridgehead atoms. The van der Waals surface area contributed by atoms with Gasteiger partial charge in [-0.25, -0.2) is 4.39 Å². The molecule has 7 nitrogen and oxygen atoms in total. The van der Waals surface area contributed by atoms with Crippen molar-refractivity contribution in [1.29, 1.82) is 0 Å². The third kappa shape index (κ3) is 4.39. The molecule has 1 spiro atoms. The Balaban J connectivity index is 1.65. The Kier molecular flexibility index (Phi) is 7.27. The molecular formula is C32H35FN2O5. The summed E-state index contributed by atoms with van der Waals surface area (Å²) in [5.41, 5.74) is 1.76. The highest BCUT2D eigenvalue weighted by molar-refractivity contribution is 6.15. The number of H-pyrrole nitrogens is 1. The molecule has 1 aromatic heterocycles. The van der Waals surface area contributed by atoms with Crippen molar-refractivity contribution in [3.8, 4) is 0 Å². The van der Waals surface area contributed by atoms with Gasteiger partial charge in [0, 0.05) is 35.0 Å². The number of benzene rings is 1. The van der Waals surface area contributed by atoms with Crippen molar-refractivity contribution < 1.29 is 29.0 Å². The number of aliphatic hydroxyl groups is 2. The minimum Gasteiger partial charge on any atom is -0.388 e. The topological polar surface area (TPSA) is 119 Å². The molecule has 1 amide bonds. The fourth-order valence-electron chi connectivity index (χ4n) is 6.90. The quantitative estimate of drug-likeness (QED) is 0.337. The molecular weight excluding hydrogens is 511 g/mol. The van der Waals surface area contributed by atoms with Gasteiger partial charge in [-0.1, -0.05) is 30.7 Å². The third-order valence-electron chi connectivity index (χ3n) is 9.06. The first-order chi connectivity index (χ1) is 19.0. The number of halogens is 1. The van der Waals surface area contributed by atoms with Crippen molar-refractivity contribution in [3.63, 3.8) is 0 Å². The van der Waals surface area contributed by atoms with E-state index < -0.39 is 53.0 Å². The Bertz CT molecular complexity index is 1510. The minimum absolute atomic E-state index is 0.0302. The van der Waals surface area contributed by atoms with Crippen LogP contribution in [0.3, 0.4) is 0 Å². The molecule has 1 fully saturated rings. The zero-order valence-electron chi connectivity index (χ0n) is 23.1. The SMILES string of the molecule is CC1=C(C)[C@H]2[C@H](Cc3c[nH]c4ccc(F)cc34)NC(=O)[C@]23C(=O)/C=C/C(=O)[C@H](O)/C(C)=C/[C@@H](C)C/C=C/[C@H]3[C@@H]1O. The number of hydrogen-bond donors (Lipinski definition) is 4. The summed E-state index contributed by atoms with van der Waals surface area (Å²) in [4.78, 5) is 44.1. The average molecular weight is 547 g/mol. The normalized spacial score (nSPS) is 36.1. The maximum atomic E-state index is 14.1. The zero-order valence-corrected chi connectivity index (χ0v) is 23.1. The molecule has 0 unspecified atom stereocenters. The maximum absolute atomic E-state index is 14.1. The van der Waals surface area contributed by atoms with Gasteiger partial charge in [0.2, 0.25) is 5.91 Å². The lowest BCUT2D eigenvalue weighted by atomic mass is 9.55. The maximum Gasteiger partial charge on any atom is 0.235 e. The Hall–Kier alpha value is -3.62. The van der Waals surface area contributed by atoms with Gasteiger partial charge in [0.25, 0.3) is 0 Å². The Morgan fingerprint density at radius 2 is 1.82 bits per heavy atom. The van der Waals surface area contributed by atoms with E-state index in [1.807, 2.05) is 32.9 Å².